The predicted molar refractivity (Wildman–Crippen MR) is 92.1 cm³/mol. The van der Waals surface area contributed by atoms with Gasteiger partial charge in [-0.25, -0.2) is 4.79 Å². The average Bonchev–Trinajstić information content (AvgIpc) is 3.05. The summed E-state index contributed by atoms with van der Waals surface area (Å²) in [4.78, 5) is 27.4. The van der Waals surface area contributed by atoms with E-state index in [1.807, 2.05) is 26.5 Å². The topological polar surface area (TPSA) is 49.9 Å². The Labute approximate surface area is 140 Å². The highest BCUT2D eigenvalue weighted by Crippen LogP contribution is 2.39. The molecular formula is C15H26N2O3S2. The van der Waals surface area contributed by atoms with Crippen molar-refractivity contribution in [3.63, 3.8) is 0 Å². The highest BCUT2D eigenvalue weighted by Gasteiger charge is 2.24. The molecule has 0 saturated carbocycles. The SMILES string of the molecule is CCOC(=O)N1CCN(C(=O)CCCC[C@H]2CCSS2)CC1. The first-order valence-electron chi connectivity index (χ1n) is 8.18. The maximum atomic E-state index is 12.2. The zero-order chi connectivity index (χ0) is 15.8. The van der Waals surface area contributed by atoms with Crippen LogP contribution in [-0.2, 0) is 9.53 Å². The molecule has 7 heteroatoms. The minimum Gasteiger partial charge on any atom is -0.450 e. The summed E-state index contributed by atoms with van der Waals surface area (Å²) in [6, 6.07) is 0. The second-order valence-corrected chi connectivity index (χ2v) is 8.43. The quantitative estimate of drug-likeness (QED) is 0.547. The van der Waals surface area contributed by atoms with E-state index >= 15 is 0 Å². The number of rotatable bonds is 6. The first-order valence-corrected chi connectivity index (χ1v) is 10.6. The van der Waals surface area contributed by atoms with Gasteiger partial charge >= 0.3 is 6.09 Å². The third-order valence-electron chi connectivity index (χ3n) is 4.05. The molecule has 2 saturated heterocycles. The van der Waals surface area contributed by atoms with Crippen LogP contribution in [0, 0.1) is 0 Å². The summed E-state index contributed by atoms with van der Waals surface area (Å²) in [6.45, 7) is 4.64. The zero-order valence-corrected chi connectivity index (χ0v) is 14.9. The van der Waals surface area contributed by atoms with Crippen LogP contribution in [0.4, 0.5) is 4.79 Å². The summed E-state index contributed by atoms with van der Waals surface area (Å²) >= 11 is 0. The lowest BCUT2D eigenvalue weighted by Crippen LogP contribution is -2.50. The molecule has 0 N–H and O–H groups in total. The van der Waals surface area contributed by atoms with Crippen LogP contribution in [0.5, 0.6) is 0 Å². The maximum Gasteiger partial charge on any atom is 0.409 e. The van der Waals surface area contributed by atoms with Gasteiger partial charge in [0.15, 0.2) is 0 Å². The molecule has 0 aromatic carbocycles. The number of unbranched alkanes of at least 4 members (excludes halogenated alkanes) is 1. The third-order valence-corrected chi connectivity index (χ3v) is 7.06. The highest BCUT2D eigenvalue weighted by atomic mass is 33.1. The van der Waals surface area contributed by atoms with Crippen LogP contribution in [0.3, 0.4) is 0 Å². The van der Waals surface area contributed by atoms with Crippen molar-refractivity contribution in [2.45, 2.75) is 44.3 Å². The minimum absolute atomic E-state index is 0.233. The second-order valence-electron chi connectivity index (χ2n) is 5.64. The van der Waals surface area contributed by atoms with Crippen molar-refractivity contribution in [2.75, 3.05) is 38.5 Å². The van der Waals surface area contributed by atoms with Crippen LogP contribution >= 0.6 is 21.6 Å². The van der Waals surface area contributed by atoms with Gasteiger partial charge in [0.05, 0.1) is 6.61 Å². The van der Waals surface area contributed by atoms with E-state index in [1.54, 1.807) is 11.8 Å². The molecule has 0 aromatic heterocycles. The summed E-state index contributed by atoms with van der Waals surface area (Å²) in [5, 5.41) is 0.799. The van der Waals surface area contributed by atoms with Crippen molar-refractivity contribution < 1.29 is 14.3 Å². The molecule has 1 atom stereocenters. The second kappa shape index (κ2) is 9.55. The Bertz CT molecular complexity index is 368. The normalized spacial score (nSPS) is 22.0. The predicted octanol–water partition coefficient (Wildman–Crippen LogP) is 3.00. The number of amides is 2. The summed E-state index contributed by atoms with van der Waals surface area (Å²) in [5.74, 6) is 1.51. The van der Waals surface area contributed by atoms with Gasteiger partial charge in [-0.2, -0.15) is 0 Å². The Morgan fingerprint density at radius 1 is 1.14 bits per heavy atom. The van der Waals surface area contributed by atoms with E-state index in [0.717, 1.165) is 18.1 Å². The number of nitrogens with zero attached hydrogens (tertiary/aromatic N) is 2. The van der Waals surface area contributed by atoms with Gasteiger partial charge in [-0.15, -0.1) is 0 Å². The highest BCUT2D eigenvalue weighted by molar-refractivity contribution is 8.77. The number of ether oxygens (including phenoxy) is 1. The summed E-state index contributed by atoms with van der Waals surface area (Å²) in [5.41, 5.74) is 0. The smallest absolute Gasteiger partial charge is 0.409 e. The monoisotopic (exact) mass is 346 g/mol. The molecule has 2 heterocycles. The van der Waals surface area contributed by atoms with E-state index in [1.165, 1.54) is 18.6 Å². The van der Waals surface area contributed by atoms with Crippen LogP contribution < -0.4 is 0 Å². The number of hydrogen-bond donors (Lipinski definition) is 0. The molecule has 0 radical (unpaired) electrons. The molecule has 5 nitrogen and oxygen atoms in total. The van der Waals surface area contributed by atoms with Crippen molar-refractivity contribution in [1.82, 2.24) is 9.80 Å². The summed E-state index contributed by atoms with van der Waals surface area (Å²) in [7, 11) is 3.98. The molecule has 2 fully saturated rings. The molecule has 2 aliphatic rings. The molecule has 0 bridgehead atoms. The lowest BCUT2D eigenvalue weighted by atomic mass is 10.1. The molecular weight excluding hydrogens is 320 g/mol. The molecule has 0 spiro atoms. The van der Waals surface area contributed by atoms with Gasteiger partial charge in [0, 0.05) is 43.6 Å². The van der Waals surface area contributed by atoms with Gasteiger partial charge in [-0.1, -0.05) is 28.0 Å². The molecule has 0 aromatic rings. The Kier molecular flexibility index (Phi) is 7.72. The molecule has 126 valence electrons. The van der Waals surface area contributed by atoms with E-state index in [2.05, 4.69) is 0 Å². The van der Waals surface area contributed by atoms with E-state index in [0.29, 0.717) is 39.2 Å². The lowest BCUT2D eigenvalue weighted by Gasteiger charge is -2.34. The minimum atomic E-state index is -0.262. The first-order chi connectivity index (χ1) is 10.7. The van der Waals surface area contributed by atoms with Gasteiger partial charge in [-0.05, 0) is 26.2 Å². The largest absolute Gasteiger partial charge is 0.450 e. The van der Waals surface area contributed by atoms with Crippen LogP contribution in [0.15, 0.2) is 0 Å². The Balaban J connectivity index is 1.57. The number of piperazine rings is 1. The third kappa shape index (κ3) is 5.57. The number of carbonyl (C=O) groups is 2. The van der Waals surface area contributed by atoms with Gasteiger partial charge in [-0.3, -0.25) is 4.79 Å². The van der Waals surface area contributed by atoms with Crippen LogP contribution in [-0.4, -0.2) is 65.6 Å². The van der Waals surface area contributed by atoms with Crippen molar-refractivity contribution in [3.05, 3.63) is 0 Å². The van der Waals surface area contributed by atoms with Gasteiger partial charge in [0.2, 0.25) is 5.91 Å². The van der Waals surface area contributed by atoms with Crippen molar-refractivity contribution in [1.29, 1.82) is 0 Å². The fourth-order valence-electron chi connectivity index (χ4n) is 2.72. The van der Waals surface area contributed by atoms with Crippen LogP contribution in [0.25, 0.3) is 0 Å². The van der Waals surface area contributed by atoms with Crippen LogP contribution in [0.1, 0.15) is 39.0 Å². The first kappa shape index (κ1) is 17.8. The number of hydrogen-bond acceptors (Lipinski definition) is 5. The zero-order valence-electron chi connectivity index (χ0n) is 13.3. The Morgan fingerprint density at radius 3 is 2.50 bits per heavy atom. The average molecular weight is 347 g/mol. The molecule has 2 aliphatic heterocycles. The Morgan fingerprint density at radius 2 is 1.86 bits per heavy atom. The van der Waals surface area contributed by atoms with E-state index in [4.69, 9.17) is 4.74 Å². The summed E-state index contributed by atoms with van der Waals surface area (Å²) in [6.07, 6.45) is 5.07. The standard InChI is InChI=1S/C15H26N2O3S2/c1-2-20-15(19)17-10-8-16(9-11-17)14(18)6-4-3-5-13-7-12-21-22-13/h13H,2-12H2,1H3/t13-/m0/s1. The van der Waals surface area contributed by atoms with Gasteiger partial charge in [0.1, 0.15) is 0 Å². The molecule has 0 unspecified atom stereocenters. The Hall–Kier alpha value is -0.560. The van der Waals surface area contributed by atoms with Crippen molar-refractivity contribution in [3.8, 4) is 0 Å². The van der Waals surface area contributed by atoms with Gasteiger partial charge in [0.25, 0.3) is 0 Å². The van der Waals surface area contributed by atoms with E-state index in [-0.39, 0.29) is 12.0 Å². The van der Waals surface area contributed by atoms with Crippen molar-refractivity contribution >= 4 is 33.6 Å². The molecule has 2 amide bonds. The van der Waals surface area contributed by atoms with Gasteiger partial charge < -0.3 is 14.5 Å². The van der Waals surface area contributed by atoms with E-state index < -0.39 is 0 Å². The maximum absolute atomic E-state index is 12.2. The van der Waals surface area contributed by atoms with E-state index in [9.17, 15) is 9.59 Å². The molecule has 2 rings (SSSR count). The fraction of sp³-hybridized carbons (Fsp3) is 0.867. The fourth-order valence-corrected chi connectivity index (χ4v) is 5.75. The van der Waals surface area contributed by atoms with Crippen LogP contribution in [0.2, 0.25) is 0 Å². The lowest BCUT2D eigenvalue weighted by molar-refractivity contribution is -0.132. The summed E-state index contributed by atoms with van der Waals surface area (Å²) < 4.78 is 4.99. The molecule has 22 heavy (non-hydrogen) atoms. The number of carbonyl (C=O) groups excluding carboxylic acids is 2. The molecule has 0 aliphatic carbocycles. The van der Waals surface area contributed by atoms with Crippen molar-refractivity contribution in [2.24, 2.45) is 0 Å².